The molecule has 0 aromatic rings. The van der Waals surface area contributed by atoms with Crippen LogP contribution >= 0.6 is 0 Å². The fourth-order valence-electron chi connectivity index (χ4n) is 0.515. The molecule has 1 aliphatic heterocycles. The molecule has 7 heavy (non-hydrogen) atoms. The summed E-state index contributed by atoms with van der Waals surface area (Å²) in [7, 11) is 2.03. The molecule has 0 saturated heterocycles. The molecule has 0 aromatic carbocycles. The Morgan fingerprint density at radius 1 is 1.71 bits per heavy atom. The summed E-state index contributed by atoms with van der Waals surface area (Å²) < 4.78 is 0. The van der Waals surface area contributed by atoms with Crippen LogP contribution in [0.1, 0.15) is 6.42 Å². The van der Waals surface area contributed by atoms with Crippen LogP contribution in [0.15, 0.2) is 12.3 Å². The van der Waals surface area contributed by atoms with E-state index in [0.717, 1.165) is 6.42 Å². The third-order valence-electron chi connectivity index (χ3n) is 0.870. The Balaban J connectivity index is 0.000000360. The van der Waals surface area contributed by atoms with Crippen LogP contribution in [-0.2, 0) is 16.8 Å². The van der Waals surface area contributed by atoms with Crippen LogP contribution in [0.25, 0.3) is 0 Å². The van der Waals surface area contributed by atoms with E-state index in [4.69, 9.17) is 0 Å². The predicted octanol–water partition coefficient (Wildman–Crippen LogP) is 0.995. The number of hydrogen-bond acceptors (Lipinski definition) is 1. The SMILES string of the molecule is CN1C=CC[CH-]1.[Co]. The molecule has 0 spiro atoms. The molecule has 0 atom stereocenters. The van der Waals surface area contributed by atoms with Crippen molar-refractivity contribution in [2.45, 2.75) is 6.42 Å². The Morgan fingerprint density at radius 3 is 2.57 bits per heavy atom. The molecule has 0 fully saturated rings. The van der Waals surface area contributed by atoms with Gasteiger partial charge < -0.3 is 4.90 Å². The summed E-state index contributed by atoms with van der Waals surface area (Å²) in [5.74, 6) is 0. The van der Waals surface area contributed by atoms with Crippen molar-refractivity contribution < 1.29 is 16.8 Å². The van der Waals surface area contributed by atoms with Crippen LogP contribution in [0, 0.1) is 6.54 Å². The van der Waals surface area contributed by atoms with E-state index in [1.165, 1.54) is 0 Å². The average Bonchev–Trinajstić information content (AvgIpc) is 1.86. The normalized spacial score (nSPS) is 17.0. The zero-order chi connectivity index (χ0) is 4.41. The minimum atomic E-state index is 0. The third kappa shape index (κ3) is 1.99. The second kappa shape index (κ2) is 3.10. The molecule has 0 aliphatic carbocycles. The summed E-state index contributed by atoms with van der Waals surface area (Å²) in [5.41, 5.74) is 0. The van der Waals surface area contributed by atoms with Crippen molar-refractivity contribution in [2.24, 2.45) is 0 Å². The van der Waals surface area contributed by atoms with Gasteiger partial charge in [0.05, 0.1) is 0 Å². The topological polar surface area (TPSA) is 3.24 Å². The molecule has 1 rings (SSSR count). The van der Waals surface area contributed by atoms with E-state index in [1.54, 1.807) is 0 Å². The molecule has 1 aliphatic rings. The van der Waals surface area contributed by atoms with Gasteiger partial charge in [-0.25, -0.2) is 6.54 Å². The number of nitrogens with zero attached hydrogens (tertiary/aromatic N) is 1. The standard InChI is InChI=1S/C5H8N.Co/c1-6-4-2-3-5-6;/h2,4-5H,3H2,1H3;/q-1;. The Hall–Kier alpha value is 0.0465. The van der Waals surface area contributed by atoms with Gasteiger partial charge in [0, 0.05) is 16.8 Å². The number of hydrogen-bond donors (Lipinski definition) is 0. The average molecular weight is 141 g/mol. The van der Waals surface area contributed by atoms with Crippen molar-refractivity contribution in [2.75, 3.05) is 7.05 Å². The van der Waals surface area contributed by atoms with E-state index in [-0.39, 0.29) is 16.8 Å². The van der Waals surface area contributed by atoms with Gasteiger partial charge in [-0.15, -0.1) is 6.42 Å². The first kappa shape index (κ1) is 7.05. The van der Waals surface area contributed by atoms with Gasteiger partial charge in [-0.2, -0.15) is 0 Å². The van der Waals surface area contributed by atoms with Crippen LogP contribution in [0.3, 0.4) is 0 Å². The van der Waals surface area contributed by atoms with Crippen molar-refractivity contribution in [1.29, 1.82) is 0 Å². The molecule has 0 bridgehead atoms. The van der Waals surface area contributed by atoms with Crippen molar-refractivity contribution in [1.82, 2.24) is 4.90 Å². The van der Waals surface area contributed by atoms with E-state index < -0.39 is 0 Å². The quantitative estimate of drug-likeness (QED) is 0.455. The maximum Gasteiger partial charge on any atom is 0 e. The van der Waals surface area contributed by atoms with Gasteiger partial charge >= 0.3 is 0 Å². The first-order valence-corrected chi connectivity index (χ1v) is 2.11. The number of rotatable bonds is 0. The molecule has 2 heteroatoms. The monoisotopic (exact) mass is 141 g/mol. The zero-order valence-corrected chi connectivity index (χ0v) is 5.26. The fourth-order valence-corrected chi connectivity index (χ4v) is 0.515. The Bertz CT molecular complexity index is 70.5. The minimum absolute atomic E-state index is 0. The van der Waals surface area contributed by atoms with E-state index in [9.17, 15) is 0 Å². The Kier molecular flexibility index (Phi) is 3.12. The summed E-state index contributed by atoms with van der Waals surface area (Å²) in [5, 5.41) is 0. The van der Waals surface area contributed by atoms with Gasteiger partial charge in [0.15, 0.2) is 0 Å². The molecule has 0 amide bonds. The first-order chi connectivity index (χ1) is 2.89. The predicted molar refractivity (Wildman–Crippen MR) is 25.8 cm³/mol. The molecule has 1 heterocycles. The molecule has 0 N–H and O–H groups in total. The summed E-state index contributed by atoms with van der Waals surface area (Å²) in [6.45, 7) is 2.12. The smallest absolute Gasteiger partial charge is 0 e. The van der Waals surface area contributed by atoms with Crippen LogP contribution in [0.5, 0.6) is 0 Å². The maximum atomic E-state index is 2.12. The summed E-state index contributed by atoms with van der Waals surface area (Å²) in [6, 6.07) is 0. The van der Waals surface area contributed by atoms with Gasteiger partial charge in [-0.3, -0.25) is 0 Å². The second-order valence-corrected chi connectivity index (χ2v) is 1.47. The van der Waals surface area contributed by atoms with Crippen LogP contribution in [0.2, 0.25) is 0 Å². The molecule has 0 saturated carbocycles. The zero-order valence-electron chi connectivity index (χ0n) is 4.22. The van der Waals surface area contributed by atoms with Gasteiger partial charge in [0.2, 0.25) is 0 Å². The van der Waals surface area contributed by atoms with Crippen LogP contribution in [0.4, 0.5) is 0 Å². The maximum absolute atomic E-state index is 2.12. The van der Waals surface area contributed by atoms with Crippen molar-refractivity contribution in [3.63, 3.8) is 0 Å². The van der Waals surface area contributed by atoms with Crippen molar-refractivity contribution in [3.8, 4) is 0 Å². The van der Waals surface area contributed by atoms with Crippen molar-refractivity contribution >= 4 is 0 Å². The fraction of sp³-hybridized carbons (Fsp3) is 0.400. The van der Waals surface area contributed by atoms with Crippen LogP contribution in [-0.4, -0.2) is 11.9 Å². The van der Waals surface area contributed by atoms with Crippen molar-refractivity contribution in [3.05, 3.63) is 18.8 Å². The third-order valence-corrected chi connectivity index (χ3v) is 0.870. The largest absolute Gasteiger partial charge is 0.531 e. The Morgan fingerprint density at radius 2 is 2.43 bits per heavy atom. The summed E-state index contributed by atoms with van der Waals surface area (Å²) >= 11 is 0. The summed E-state index contributed by atoms with van der Waals surface area (Å²) in [4.78, 5) is 2.06. The molecule has 0 aromatic heterocycles. The molecule has 43 valence electrons. The molecule has 1 nitrogen and oxygen atoms in total. The van der Waals surface area contributed by atoms with Crippen LogP contribution < -0.4 is 0 Å². The van der Waals surface area contributed by atoms with Gasteiger partial charge in [-0.1, -0.05) is 6.08 Å². The van der Waals surface area contributed by atoms with Gasteiger partial charge in [0.1, 0.15) is 0 Å². The Labute approximate surface area is 54.6 Å². The second-order valence-electron chi connectivity index (χ2n) is 1.47. The van der Waals surface area contributed by atoms with E-state index >= 15 is 0 Å². The summed E-state index contributed by atoms with van der Waals surface area (Å²) in [6.07, 6.45) is 5.29. The van der Waals surface area contributed by atoms with E-state index in [1.807, 2.05) is 7.05 Å². The first-order valence-electron chi connectivity index (χ1n) is 2.11. The van der Waals surface area contributed by atoms with Gasteiger partial charge in [-0.05, 0) is 13.2 Å². The van der Waals surface area contributed by atoms with E-state index in [0.29, 0.717) is 0 Å². The molecule has 1 radical (unpaired) electrons. The molecular weight excluding hydrogens is 133 g/mol. The minimum Gasteiger partial charge on any atom is -0.531 e. The molecule has 0 unspecified atom stereocenters. The van der Waals surface area contributed by atoms with Gasteiger partial charge in [0.25, 0.3) is 0 Å². The van der Waals surface area contributed by atoms with E-state index in [2.05, 4.69) is 23.7 Å². The molecular formula is C5H8CoN-.